The zero-order valence-electron chi connectivity index (χ0n) is 16.1. The van der Waals surface area contributed by atoms with E-state index in [4.69, 9.17) is 4.74 Å². The fourth-order valence-corrected chi connectivity index (χ4v) is 3.46. The van der Waals surface area contributed by atoms with Gasteiger partial charge in [0.05, 0.1) is 0 Å². The van der Waals surface area contributed by atoms with Crippen LogP contribution in [0.5, 0.6) is 5.75 Å². The topological polar surface area (TPSA) is 29.5 Å². The molecule has 5 heteroatoms. The monoisotopic (exact) mass is 387 g/mol. The normalized spacial score (nSPS) is 14.7. The molecule has 3 nitrogen and oxygen atoms in total. The minimum absolute atomic E-state index is 0.00422. The highest BCUT2D eigenvalue weighted by Crippen LogP contribution is 2.35. The number of halogens is 2. The second-order valence-corrected chi connectivity index (χ2v) is 7.30. The molecule has 0 atom stereocenters. The van der Waals surface area contributed by atoms with E-state index in [0.717, 1.165) is 37.9 Å². The maximum absolute atomic E-state index is 14.6. The summed E-state index contributed by atoms with van der Waals surface area (Å²) in [6.45, 7) is 1.85. The number of rotatable bonds is 8. The van der Waals surface area contributed by atoms with E-state index in [0.29, 0.717) is 12.4 Å². The zero-order chi connectivity index (χ0) is 19.8. The third kappa shape index (κ3) is 5.78. The van der Waals surface area contributed by atoms with Crippen molar-refractivity contribution < 1.29 is 18.3 Å². The molecule has 0 N–H and O–H groups in total. The van der Waals surface area contributed by atoms with Gasteiger partial charge in [-0.15, -0.1) is 0 Å². The third-order valence-corrected chi connectivity index (χ3v) is 5.09. The van der Waals surface area contributed by atoms with Gasteiger partial charge in [0.1, 0.15) is 12.4 Å². The van der Waals surface area contributed by atoms with Crippen LogP contribution in [0.2, 0.25) is 0 Å². The summed E-state index contributed by atoms with van der Waals surface area (Å²) in [4.78, 5) is 14.0. The lowest BCUT2D eigenvalue weighted by Gasteiger charge is -2.27. The molecule has 0 aliphatic carbocycles. The molecule has 1 saturated heterocycles. The van der Waals surface area contributed by atoms with Crippen LogP contribution in [-0.4, -0.2) is 23.9 Å². The van der Waals surface area contributed by atoms with E-state index in [2.05, 4.69) is 0 Å². The quantitative estimate of drug-likeness (QED) is 0.595. The predicted molar refractivity (Wildman–Crippen MR) is 105 cm³/mol. The van der Waals surface area contributed by atoms with Gasteiger partial charge in [-0.25, -0.2) is 8.78 Å². The number of hydrogen-bond acceptors (Lipinski definition) is 2. The van der Waals surface area contributed by atoms with E-state index in [1.54, 1.807) is 17.0 Å². The number of likely N-dealkylation sites (tertiary alicyclic amines) is 1. The minimum atomic E-state index is -2.98. The van der Waals surface area contributed by atoms with Crippen molar-refractivity contribution >= 4 is 5.91 Å². The number of ether oxygens (including phenoxy) is 1. The molecule has 1 amide bonds. The van der Waals surface area contributed by atoms with Gasteiger partial charge in [0.15, 0.2) is 0 Å². The molecule has 28 heavy (non-hydrogen) atoms. The van der Waals surface area contributed by atoms with Crippen molar-refractivity contribution in [3.05, 3.63) is 65.7 Å². The number of carbonyl (C=O) groups is 1. The molecule has 3 rings (SSSR count). The first kappa shape index (κ1) is 20.3. The molecule has 0 saturated carbocycles. The first-order valence-corrected chi connectivity index (χ1v) is 9.97. The largest absolute Gasteiger partial charge is 0.489 e. The Hall–Kier alpha value is -2.43. The maximum Gasteiger partial charge on any atom is 0.273 e. The summed E-state index contributed by atoms with van der Waals surface area (Å²) < 4.78 is 34.9. The fraction of sp³-hybridized carbons (Fsp3) is 0.435. The Bertz CT molecular complexity index is 758. The molecule has 150 valence electrons. The number of nitrogens with zero attached hydrogens (tertiary/aromatic N) is 1. The second kappa shape index (κ2) is 9.67. The van der Waals surface area contributed by atoms with Crippen molar-refractivity contribution in [2.45, 2.75) is 51.1 Å². The lowest BCUT2D eigenvalue weighted by Crippen LogP contribution is -2.35. The van der Waals surface area contributed by atoms with Crippen molar-refractivity contribution in [2.24, 2.45) is 0 Å². The number of alkyl halides is 2. The summed E-state index contributed by atoms with van der Waals surface area (Å²) in [7, 11) is 0. The van der Waals surface area contributed by atoms with Crippen molar-refractivity contribution in [1.29, 1.82) is 0 Å². The van der Waals surface area contributed by atoms with Gasteiger partial charge in [-0.05, 0) is 43.4 Å². The van der Waals surface area contributed by atoms with Gasteiger partial charge in [0, 0.05) is 31.5 Å². The standard InChI is InChI=1S/C23H27F2NO2/c24-23(25,14-8-13-22(27)26-15-5-2-6-16-26)20-11-7-12-21(17-20)28-18-19-9-3-1-4-10-19/h1,3-4,7,9-12,17H,2,5-6,8,13-16,18H2. The predicted octanol–water partition coefficient (Wildman–Crippen LogP) is 5.54. The molecular formula is C23H27F2NO2. The van der Waals surface area contributed by atoms with Crippen molar-refractivity contribution in [2.75, 3.05) is 13.1 Å². The highest BCUT2D eigenvalue weighted by Gasteiger charge is 2.31. The molecule has 1 aliphatic rings. The Morgan fingerprint density at radius 1 is 1.00 bits per heavy atom. The lowest BCUT2D eigenvalue weighted by atomic mass is 10.0. The van der Waals surface area contributed by atoms with E-state index in [1.807, 2.05) is 30.3 Å². The van der Waals surface area contributed by atoms with Crippen LogP contribution in [0.1, 0.15) is 49.7 Å². The summed E-state index contributed by atoms with van der Waals surface area (Å²) in [5, 5.41) is 0. The summed E-state index contributed by atoms with van der Waals surface area (Å²) in [6, 6.07) is 15.7. The highest BCUT2D eigenvalue weighted by atomic mass is 19.3. The Morgan fingerprint density at radius 2 is 1.75 bits per heavy atom. The van der Waals surface area contributed by atoms with E-state index < -0.39 is 5.92 Å². The van der Waals surface area contributed by atoms with Crippen LogP contribution >= 0.6 is 0 Å². The summed E-state index contributed by atoms with van der Waals surface area (Å²) in [6.07, 6.45) is 3.19. The molecule has 2 aromatic rings. The summed E-state index contributed by atoms with van der Waals surface area (Å²) in [5.74, 6) is -2.56. The SMILES string of the molecule is O=C(CCCC(F)(F)c1cccc(OCc2ccccc2)c1)N1CCCCC1. The van der Waals surface area contributed by atoms with Crippen LogP contribution in [-0.2, 0) is 17.3 Å². The first-order chi connectivity index (χ1) is 13.5. The molecule has 0 radical (unpaired) electrons. The molecule has 2 aromatic carbocycles. The molecule has 0 spiro atoms. The minimum Gasteiger partial charge on any atom is -0.489 e. The van der Waals surface area contributed by atoms with Crippen molar-refractivity contribution in [3.63, 3.8) is 0 Å². The second-order valence-electron chi connectivity index (χ2n) is 7.30. The Labute approximate surface area is 165 Å². The van der Waals surface area contributed by atoms with E-state index in [1.165, 1.54) is 12.1 Å². The van der Waals surface area contributed by atoms with Crippen LogP contribution < -0.4 is 4.74 Å². The average molecular weight is 387 g/mol. The average Bonchev–Trinajstić information content (AvgIpc) is 2.74. The Balaban J connectivity index is 1.51. The van der Waals surface area contributed by atoms with Gasteiger partial charge < -0.3 is 9.64 Å². The maximum atomic E-state index is 14.6. The molecule has 1 fully saturated rings. The number of hydrogen-bond donors (Lipinski definition) is 0. The molecule has 0 unspecified atom stereocenters. The van der Waals surface area contributed by atoms with Gasteiger partial charge in [0.2, 0.25) is 5.91 Å². The van der Waals surface area contributed by atoms with Crippen molar-refractivity contribution in [3.8, 4) is 5.75 Å². The molecule has 1 aliphatic heterocycles. The van der Waals surface area contributed by atoms with E-state index >= 15 is 0 Å². The summed E-state index contributed by atoms with van der Waals surface area (Å²) in [5.41, 5.74) is 0.916. The number of amides is 1. The summed E-state index contributed by atoms with van der Waals surface area (Å²) >= 11 is 0. The van der Waals surface area contributed by atoms with Crippen molar-refractivity contribution in [1.82, 2.24) is 4.90 Å². The van der Waals surface area contributed by atoms with E-state index in [-0.39, 0.29) is 30.7 Å². The number of carbonyl (C=O) groups excluding carboxylic acids is 1. The van der Waals surface area contributed by atoms with Gasteiger partial charge in [-0.3, -0.25) is 4.79 Å². The first-order valence-electron chi connectivity index (χ1n) is 9.97. The van der Waals surface area contributed by atoms with Gasteiger partial charge in [-0.2, -0.15) is 0 Å². The van der Waals surface area contributed by atoms with Crippen LogP contribution in [0.25, 0.3) is 0 Å². The number of benzene rings is 2. The Morgan fingerprint density at radius 3 is 2.50 bits per heavy atom. The van der Waals surface area contributed by atoms with Gasteiger partial charge in [-0.1, -0.05) is 42.5 Å². The highest BCUT2D eigenvalue weighted by molar-refractivity contribution is 5.76. The van der Waals surface area contributed by atoms with Crippen LogP contribution in [0, 0.1) is 0 Å². The third-order valence-electron chi connectivity index (χ3n) is 5.09. The molecule has 0 aromatic heterocycles. The van der Waals surface area contributed by atoms with Crippen LogP contribution in [0.15, 0.2) is 54.6 Å². The molecule has 0 bridgehead atoms. The number of piperidine rings is 1. The van der Waals surface area contributed by atoms with Crippen LogP contribution in [0.4, 0.5) is 8.78 Å². The van der Waals surface area contributed by atoms with Gasteiger partial charge >= 0.3 is 0 Å². The fourth-order valence-electron chi connectivity index (χ4n) is 3.46. The van der Waals surface area contributed by atoms with Crippen LogP contribution in [0.3, 0.4) is 0 Å². The van der Waals surface area contributed by atoms with Gasteiger partial charge in [0.25, 0.3) is 5.92 Å². The smallest absolute Gasteiger partial charge is 0.273 e. The zero-order valence-corrected chi connectivity index (χ0v) is 16.1. The van der Waals surface area contributed by atoms with E-state index in [9.17, 15) is 13.6 Å². The molecule has 1 heterocycles. The lowest BCUT2D eigenvalue weighted by molar-refractivity contribution is -0.132. The Kier molecular flexibility index (Phi) is 7.01. The molecular weight excluding hydrogens is 360 g/mol.